The number of ether oxygens (including phenoxy) is 1. The van der Waals surface area contributed by atoms with Crippen molar-refractivity contribution in [3.8, 4) is 0 Å². The van der Waals surface area contributed by atoms with Crippen LogP contribution in [0.25, 0.3) is 0 Å². The van der Waals surface area contributed by atoms with Crippen molar-refractivity contribution in [3.05, 3.63) is 12.0 Å². The third-order valence-corrected chi connectivity index (χ3v) is 2.60. The number of hydrogen-bond donors (Lipinski definition) is 0. The number of piperidine rings is 1. The summed E-state index contributed by atoms with van der Waals surface area (Å²) in [5.41, 5.74) is 1.08. The fourth-order valence-electron chi connectivity index (χ4n) is 1.73. The third kappa shape index (κ3) is 1.92. The van der Waals surface area contributed by atoms with E-state index in [2.05, 4.69) is 0 Å². The van der Waals surface area contributed by atoms with Crippen LogP contribution < -0.4 is 0 Å². The molecule has 0 N–H and O–H groups in total. The van der Waals surface area contributed by atoms with Gasteiger partial charge >= 0.3 is 0 Å². The molecular formula is C9H13F2NO. The normalized spacial score (nSPS) is 26.9. The van der Waals surface area contributed by atoms with Gasteiger partial charge in [0, 0.05) is 32.4 Å². The molecule has 74 valence electrons. The Morgan fingerprint density at radius 2 is 2.00 bits per heavy atom. The molecule has 1 saturated heterocycles. The summed E-state index contributed by atoms with van der Waals surface area (Å²) in [5.74, 6) is -2.45. The first-order valence-corrected chi connectivity index (χ1v) is 4.61. The first-order chi connectivity index (χ1) is 6.17. The predicted molar refractivity (Wildman–Crippen MR) is 44.4 cm³/mol. The summed E-state index contributed by atoms with van der Waals surface area (Å²) in [4.78, 5) is 2.00. The second kappa shape index (κ2) is 3.16. The van der Waals surface area contributed by atoms with Crippen LogP contribution in [0.1, 0.15) is 19.3 Å². The van der Waals surface area contributed by atoms with Gasteiger partial charge in [-0.1, -0.05) is 0 Å². The highest BCUT2D eigenvalue weighted by Gasteiger charge is 2.34. The van der Waals surface area contributed by atoms with E-state index in [1.54, 1.807) is 6.26 Å². The number of likely N-dealkylation sites (tertiary alicyclic amines) is 1. The molecule has 0 aromatic heterocycles. The summed E-state index contributed by atoms with van der Waals surface area (Å²) in [6.07, 6.45) is 2.52. The Morgan fingerprint density at radius 1 is 1.31 bits per heavy atom. The first kappa shape index (κ1) is 8.78. The average Bonchev–Trinajstić information content (AvgIpc) is 2.56. The second-order valence-electron chi connectivity index (χ2n) is 3.57. The van der Waals surface area contributed by atoms with Crippen LogP contribution >= 0.6 is 0 Å². The molecule has 0 aromatic rings. The molecule has 2 aliphatic heterocycles. The van der Waals surface area contributed by atoms with E-state index in [1.807, 2.05) is 4.90 Å². The largest absolute Gasteiger partial charge is 0.499 e. The molecule has 0 aromatic carbocycles. The second-order valence-corrected chi connectivity index (χ2v) is 3.57. The molecule has 4 heteroatoms. The molecule has 0 bridgehead atoms. The van der Waals surface area contributed by atoms with Gasteiger partial charge in [0.25, 0.3) is 5.92 Å². The smallest absolute Gasteiger partial charge is 0.251 e. The minimum absolute atomic E-state index is 0.0235. The minimum atomic E-state index is -2.45. The fourth-order valence-corrected chi connectivity index (χ4v) is 1.73. The van der Waals surface area contributed by atoms with E-state index in [4.69, 9.17) is 4.74 Å². The van der Waals surface area contributed by atoms with Gasteiger partial charge in [-0.25, -0.2) is 8.78 Å². The standard InChI is InChI=1S/C9H13F2NO/c10-9(11)2-4-12(5-3-9)8-1-6-13-7-8/h7H,1-6H2. The van der Waals surface area contributed by atoms with Crippen LogP contribution in [0, 0.1) is 0 Å². The number of nitrogens with zero attached hydrogens (tertiary/aromatic N) is 1. The van der Waals surface area contributed by atoms with Crippen LogP contribution in [0.3, 0.4) is 0 Å². The molecule has 13 heavy (non-hydrogen) atoms. The maximum absolute atomic E-state index is 12.8. The van der Waals surface area contributed by atoms with Crippen LogP contribution in [0.15, 0.2) is 12.0 Å². The molecule has 2 heterocycles. The molecule has 0 radical (unpaired) electrons. The van der Waals surface area contributed by atoms with Gasteiger partial charge < -0.3 is 9.64 Å². The van der Waals surface area contributed by atoms with E-state index in [9.17, 15) is 8.78 Å². The van der Waals surface area contributed by atoms with Crippen LogP contribution in [-0.2, 0) is 4.74 Å². The zero-order valence-electron chi connectivity index (χ0n) is 7.43. The Bertz CT molecular complexity index is 218. The van der Waals surface area contributed by atoms with Crippen LogP contribution in [0.4, 0.5) is 8.78 Å². The van der Waals surface area contributed by atoms with E-state index in [1.165, 1.54) is 0 Å². The predicted octanol–water partition coefficient (Wildman–Crippen LogP) is 1.98. The summed E-state index contributed by atoms with van der Waals surface area (Å²) in [7, 11) is 0. The summed E-state index contributed by atoms with van der Waals surface area (Å²) in [5, 5.41) is 0. The highest BCUT2D eigenvalue weighted by Crippen LogP contribution is 2.30. The summed E-state index contributed by atoms with van der Waals surface area (Å²) in [6, 6.07) is 0. The maximum atomic E-state index is 12.8. The lowest BCUT2D eigenvalue weighted by Crippen LogP contribution is -2.38. The van der Waals surface area contributed by atoms with Crippen LogP contribution in [0.5, 0.6) is 0 Å². The zero-order valence-corrected chi connectivity index (χ0v) is 7.43. The van der Waals surface area contributed by atoms with E-state index < -0.39 is 5.92 Å². The Kier molecular flexibility index (Phi) is 2.14. The Morgan fingerprint density at radius 3 is 2.54 bits per heavy atom. The van der Waals surface area contributed by atoms with E-state index >= 15 is 0 Å². The lowest BCUT2D eigenvalue weighted by molar-refractivity contribution is -0.0492. The lowest BCUT2D eigenvalue weighted by Gasteiger charge is -2.33. The number of halogens is 2. The van der Waals surface area contributed by atoms with Crippen molar-refractivity contribution in [1.29, 1.82) is 0 Å². The fraction of sp³-hybridized carbons (Fsp3) is 0.778. The van der Waals surface area contributed by atoms with E-state index in [0.717, 1.165) is 12.1 Å². The van der Waals surface area contributed by atoms with Gasteiger partial charge in [0.15, 0.2) is 0 Å². The number of alkyl halides is 2. The van der Waals surface area contributed by atoms with Gasteiger partial charge in [0.1, 0.15) is 6.26 Å². The van der Waals surface area contributed by atoms with Gasteiger partial charge in [-0.05, 0) is 0 Å². The highest BCUT2D eigenvalue weighted by atomic mass is 19.3. The lowest BCUT2D eigenvalue weighted by atomic mass is 10.1. The molecule has 0 atom stereocenters. The molecule has 0 amide bonds. The van der Waals surface area contributed by atoms with Crippen LogP contribution in [-0.4, -0.2) is 30.5 Å². The quantitative estimate of drug-likeness (QED) is 0.625. The summed E-state index contributed by atoms with van der Waals surface area (Å²) >= 11 is 0. The van der Waals surface area contributed by atoms with Gasteiger partial charge in [-0.15, -0.1) is 0 Å². The average molecular weight is 189 g/mol. The molecule has 2 rings (SSSR count). The van der Waals surface area contributed by atoms with E-state index in [0.29, 0.717) is 19.7 Å². The minimum Gasteiger partial charge on any atom is -0.499 e. The van der Waals surface area contributed by atoms with Crippen molar-refractivity contribution >= 4 is 0 Å². The molecule has 0 aliphatic carbocycles. The van der Waals surface area contributed by atoms with Gasteiger partial charge in [-0.3, -0.25) is 0 Å². The number of rotatable bonds is 1. The van der Waals surface area contributed by atoms with Crippen molar-refractivity contribution in [2.75, 3.05) is 19.7 Å². The van der Waals surface area contributed by atoms with Crippen molar-refractivity contribution in [3.63, 3.8) is 0 Å². The Hall–Kier alpha value is -0.800. The molecule has 2 aliphatic rings. The summed E-state index contributed by atoms with van der Waals surface area (Å²) < 4.78 is 30.6. The Balaban J connectivity index is 1.91. The van der Waals surface area contributed by atoms with Crippen LogP contribution in [0.2, 0.25) is 0 Å². The SMILES string of the molecule is FC1(F)CCN(C2=COCC2)CC1. The van der Waals surface area contributed by atoms with E-state index in [-0.39, 0.29) is 12.8 Å². The molecule has 0 spiro atoms. The van der Waals surface area contributed by atoms with Crippen molar-refractivity contribution in [1.82, 2.24) is 4.90 Å². The third-order valence-electron chi connectivity index (χ3n) is 2.60. The topological polar surface area (TPSA) is 12.5 Å². The number of hydrogen-bond acceptors (Lipinski definition) is 2. The maximum Gasteiger partial charge on any atom is 0.251 e. The first-order valence-electron chi connectivity index (χ1n) is 4.61. The van der Waals surface area contributed by atoms with Gasteiger partial charge in [0.2, 0.25) is 0 Å². The molecule has 2 nitrogen and oxygen atoms in total. The molecular weight excluding hydrogens is 176 g/mol. The van der Waals surface area contributed by atoms with Gasteiger partial charge in [0.05, 0.1) is 12.3 Å². The highest BCUT2D eigenvalue weighted by molar-refractivity contribution is 5.03. The molecule has 1 fully saturated rings. The summed E-state index contributed by atoms with van der Waals surface area (Å²) in [6.45, 7) is 1.62. The van der Waals surface area contributed by atoms with Crippen molar-refractivity contribution < 1.29 is 13.5 Å². The monoisotopic (exact) mass is 189 g/mol. The Labute approximate surface area is 76.2 Å². The zero-order chi connectivity index (χ0) is 9.31. The molecule has 0 saturated carbocycles. The molecule has 0 unspecified atom stereocenters. The van der Waals surface area contributed by atoms with Crippen molar-refractivity contribution in [2.24, 2.45) is 0 Å². The van der Waals surface area contributed by atoms with Gasteiger partial charge in [-0.2, -0.15) is 0 Å². The van der Waals surface area contributed by atoms with Crippen molar-refractivity contribution in [2.45, 2.75) is 25.2 Å².